The van der Waals surface area contributed by atoms with Crippen LogP contribution in [0.3, 0.4) is 0 Å². The first kappa shape index (κ1) is 26.0. The van der Waals surface area contributed by atoms with Gasteiger partial charge in [0.25, 0.3) is 17.6 Å². The van der Waals surface area contributed by atoms with Gasteiger partial charge in [0.05, 0.1) is 22.7 Å². The van der Waals surface area contributed by atoms with Crippen LogP contribution in [0, 0.1) is 12.8 Å². The molecule has 3 N–H and O–H groups in total. The molecule has 0 unspecified atom stereocenters. The highest BCUT2D eigenvalue weighted by Crippen LogP contribution is 2.37. The predicted molar refractivity (Wildman–Crippen MR) is 133 cm³/mol. The molecular formula is C25H29N3O6S. The van der Waals surface area contributed by atoms with E-state index in [9.17, 15) is 22.8 Å². The summed E-state index contributed by atoms with van der Waals surface area (Å²) in [7, 11) is -3.76. The molecule has 186 valence electrons. The molecule has 1 aromatic heterocycles. The van der Waals surface area contributed by atoms with Gasteiger partial charge in [0, 0.05) is 12.2 Å². The second-order valence-corrected chi connectivity index (χ2v) is 10.7. The molecule has 3 aromatic rings. The van der Waals surface area contributed by atoms with Crippen LogP contribution in [0.4, 0.5) is 0 Å². The van der Waals surface area contributed by atoms with Gasteiger partial charge in [-0.3, -0.25) is 19.1 Å². The second-order valence-electron chi connectivity index (χ2n) is 8.93. The summed E-state index contributed by atoms with van der Waals surface area (Å²) >= 11 is 0. The molecule has 2 aromatic carbocycles. The van der Waals surface area contributed by atoms with Crippen LogP contribution in [0.1, 0.15) is 41.0 Å². The zero-order chi connectivity index (χ0) is 25.9. The first-order valence-electron chi connectivity index (χ1n) is 11.0. The normalized spacial score (nSPS) is 11.6. The molecule has 10 heteroatoms. The Balaban J connectivity index is 2.26. The maximum Gasteiger partial charge on any atom is 0.289 e. The van der Waals surface area contributed by atoms with E-state index in [-0.39, 0.29) is 17.2 Å². The van der Waals surface area contributed by atoms with E-state index >= 15 is 0 Å². The molecule has 35 heavy (non-hydrogen) atoms. The number of ether oxygens (including phenoxy) is 1. The minimum absolute atomic E-state index is 0.135. The van der Waals surface area contributed by atoms with Crippen molar-refractivity contribution in [3.8, 4) is 5.75 Å². The first-order valence-corrected chi connectivity index (χ1v) is 12.9. The summed E-state index contributed by atoms with van der Waals surface area (Å²) < 4.78 is 32.3. The molecule has 3 rings (SSSR count). The minimum atomic E-state index is -3.76. The average Bonchev–Trinajstić information content (AvgIpc) is 3.03. The molecule has 0 saturated heterocycles. The SMILES string of the molecule is Cc1cc(OCC(=O)NS(C)(=O)=O)c2c(C(=O)C(N)=O)c(CC(C)C)n(Cc3ccccc3)c2c1. The van der Waals surface area contributed by atoms with E-state index in [1.54, 1.807) is 6.07 Å². The number of sulfonamides is 1. The topological polar surface area (TPSA) is 138 Å². The minimum Gasteiger partial charge on any atom is -0.483 e. The number of nitrogens with zero attached hydrogens (tertiary/aromatic N) is 1. The average molecular weight is 500 g/mol. The molecule has 0 aliphatic rings. The van der Waals surface area contributed by atoms with E-state index in [4.69, 9.17) is 10.5 Å². The number of aromatic nitrogens is 1. The molecule has 0 radical (unpaired) electrons. The van der Waals surface area contributed by atoms with Gasteiger partial charge in [-0.15, -0.1) is 0 Å². The van der Waals surface area contributed by atoms with Gasteiger partial charge in [0.1, 0.15) is 5.75 Å². The maximum atomic E-state index is 13.1. The van der Waals surface area contributed by atoms with Gasteiger partial charge < -0.3 is 15.0 Å². The highest BCUT2D eigenvalue weighted by atomic mass is 32.2. The number of nitrogens with two attached hydrogens (primary N) is 1. The number of fused-ring (bicyclic) bond motifs is 1. The highest BCUT2D eigenvalue weighted by Gasteiger charge is 2.29. The van der Waals surface area contributed by atoms with Gasteiger partial charge in [-0.1, -0.05) is 44.2 Å². The molecule has 0 bridgehead atoms. The summed E-state index contributed by atoms with van der Waals surface area (Å²) in [5.74, 6) is -2.48. The smallest absolute Gasteiger partial charge is 0.289 e. The summed E-state index contributed by atoms with van der Waals surface area (Å²) in [6.45, 7) is 5.67. The molecule has 0 aliphatic carbocycles. The van der Waals surface area contributed by atoms with Crippen LogP contribution in [-0.4, -0.2) is 43.4 Å². The lowest BCUT2D eigenvalue weighted by molar-refractivity contribution is -0.121. The number of aryl methyl sites for hydroxylation is 1. The molecule has 0 fully saturated rings. The number of primary amides is 1. The Morgan fingerprint density at radius 3 is 2.34 bits per heavy atom. The van der Waals surface area contributed by atoms with Gasteiger partial charge in [-0.2, -0.15) is 0 Å². The third-order valence-corrected chi connectivity index (χ3v) is 5.87. The van der Waals surface area contributed by atoms with Crippen LogP contribution in [0.5, 0.6) is 5.75 Å². The van der Waals surface area contributed by atoms with Crippen LogP contribution in [0.2, 0.25) is 0 Å². The second kappa shape index (κ2) is 10.3. The number of Topliss-reactive ketones (excluding diaryl/α,β-unsaturated/α-hetero) is 1. The summed E-state index contributed by atoms with van der Waals surface area (Å²) in [6, 6.07) is 13.2. The Morgan fingerprint density at radius 1 is 1.11 bits per heavy atom. The van der Waals surface area contributed by atoms with E-state index in [0.717, 1.165) is 17.4 Å². The van der Waals surface area contributed by atoms with Crippen molar-refractivity contribution in [3.63, 3.8) is 0 Å². The van der Waals surface area contributed by atoms with E-state index in [2.05, 4.69) is 0 Å². The van der Waals surface area contributed by atoms with Gasteiger partial charge in [0.2, 0.25) is 10.0 Å². The zero-order valence-electron chi connectivity index (χ0n) is 20.1. The molecule has 0 saturated carbocycles. The molecule has 0 spiro atoms. The molecular weight excluding hydrogens is 470 g/mol. The lowest BCUT2D eigenvalue weighted by atomic mass is 9.99. The Hall–Kier alpha value is -3.66. The largest absolute Gasteiger partial charge is 0.483 e. The number of amides is 2. The summed E-state index contributed by atoms with van der Waals surface area (Å²) in [5.41, 5.74) is 8.62. The van der Waals surface area contributed by atoms with Crippen LogP contribution < -0.4 is 15.2 Å². The van der Waals surface area contributed by atoms with E-state index in [0.29, 0.717) is 29.6 Å². The van der Waals surface area contributed by atoms with Gasteiger partial charge in [0.15, 0.2) is 6.61 Å². The lowest BCUT2D eigenvalue weighted by Crippen LogP contribution is -2.33. The van der Waals surface area contributed by atoms with Gasteiger partial charge in [-0.05, 0) is 42.5 Å². The first-order chi connectivity index (χ1) is 16.4. The third kappa shape index (κ3) is 6.27. The number of hydrogen-bond acceptors (Lipinski definition) is 6. The fourth-order valence-corrected chi connectivity index (χ4v) is 4.50. The van der Waals surface area contributed by atoms with Crippen LogP contribution in [-0.2, 0) is 32.6 Å². The Morgan fingerprint density at radius 2 is 1.77 bits per heavy atom. The number of carbonyl (C=O) groups is 3. The Labute approximate surface area is 204 Å². The van der Waals surface area contributed by atoms with E-state index < -0.39 is 34.2 Å². The summed E-state index contributed by atoms with van der Waals surface area (Å²) in [4.78, 5) is 37.2. The summed E-state index contributed by atoms with van der Waals surface area (Å²) in [6.07, 6.45) is 1.35. The molecule has 1 heterocycles. The van der Waals surface area contributed by atoms with E-state index in [1.807, 2.05) is 66.5 Å². The van der Waals surface area contributed by atoms with Crippen molar-refractivity contribution in [3.05, 3.63) is 64.8 Å². The molecule has 0 atom stereocenters. The zero-order valence-corrected chi connectivity index (χ0v) is 20.9. The van der Waals surface area contributed by atoms with Crippen molar-refractivity contribution in [2.24, 2.45) is 11.7 Å². The number of rotatable bonds is 10. The predicted octanol–water partition coefficient (Wildman–Crippen LogP) is 2.32. The number of carbonyl (C=O) groups excluding carboxylic acids is 3. The maximum absolute atomic E-state index is 13.1. The third-order valence-electron chi connectivity index (χ3n) is 5.27. The number of nitrogens with one attached hydrogen (secondary N) is 1. The summed E-state index contributed by atoms with van der Waals surface area (Å²) in [5, 5.41) is 0.359. The van der Waals surface area contributed by atoms with Crippen LogP contribution >= 0.6 is 0 Å². The Bertz CT molecular complexity index is 1390. The van der Waals surface area contributed by atoms with Gasteiger partial charge >= 0.3 is 0 Å². The van der Waals surface area contributed by atoms with E-state index in [1.165, 1.54) is 0 Å². The lowest BCUT2D eigenvalue weighted by Gasteiger charge is -2.14. The van der Waals surface area contributed by atoms with Crippen molar-refractivity contribution in [2.45, 2.75) is 33.7 Å². The standard InChI is InChI=1S/C25H29N3O6S/c1-15(2)10-18-23(24(30)25(26)31)22-19(28(18)13-17-8-6-5-7-9-17)11-16(3)12-20(22)34-14-21(29)27-35(4,32)33/h5-9,11-12,15H,10,13-14H2,1-4H3,(H2,26,31)(H,27,29). The van der Waals surface area contributed by atoms with Gasteiger partial charge in [-0.25, -0.2) is 8.42 Å². The quantitative estimate of drug-likeness (QED) is 0.324. The Kier molecular flexibility index (Phi) is 7.64. The highest BCUT2D eigenvalue weighted by molar-refractivity contribution is 7.89. The van der Waals surface area contributed by atoms with Crippen molar-refractivity contribution in [1.29, 1.82) is 0 Å². The number of benzene rings is 2. The van der Waals surface area contributed by atoms with Crippen LogP contribution in [0.25, 0.3) is 10.9 Å². The van der Waals surface area contributed by atoms with Crippen LogP contribution in [0.15, 0.2) is 42.5 Å². The molecule has 9 nitrogen and oxygen atoms in total. The fraction of sp³-hybridized carbons (Fsp3) is 0.320. The van der Waals surface area contributed by atoms with Crippen molar-refractivity contribution >= 4 is 38.5 Å². The van der Waals surface area contributed by atoms with Crippen molar-refractivity contribution in [1.82, 2.24) is 9.29 Å². The number of hydrogen-bond donors (Lipinski definition) is 2. The molecule has 2 amide bonds. The monoisotopic (exact) mass is 499 g/mol. The number of ketones is 1. The van der Waals surface area contributed by atoms with Crippen molar-refractivity contribution < 1.29 is 27.5 Å². The molecule has 0 aliphatic heterocycles. The fourth-order valence-electron chi connectivity index (χ4n) is 4.03. The van der Waals surface area contributed by atoms with Crippen molar-refractivity contribution in [2.75, 3.05) is 12.9 Å².